The zero-order valence-corrected chi connectivity index (χ0v) is 17.2. The molecule has 4 rings (SSSR count). The molecule has 3 aromatic heterocycles. The van der Waals surface area contributed by atoms with E-state index in [0.29, 0.717) is 29.7 Å². The van der Waals surface area contributed by atoms with E-state index in [1.165, 1.54) is 0 Å². The molecule has 0 aliphatic heterocycles. The van der Waals surface area contributed by atoms with Gasteiger partial charge in [-0.25, -0.2) is 9.97 Å². The maximum absolute atomic E-state index is 5.59. The van der Waals surface area contributed by atoms with Gasteiger partial charge in [0.05, 0.1) is 31.7 Å². The third-order valence-electron chi connectivity index (χ3n) is 4.81. The van der Waals surface area contributed by atoms with Crippen LogP contribution in [0.4, 0.5) is 5.95 Å². The zero-order valence-electron chi connectivity index (χ0n) is 17.2. The van der Waals surface area contributed by atoms with Crippen LogP contribution < -0.4 is 14.8 Å². The summed E-state index contributed by atoms with van der Waals surface area (Å²) in [4.78, 5) is 9.14. The normalized spacial score (nSPS) is 10.8. The SMILES string of the molecule is COc1cc(CNc2ncc(-c3onc(C)c3C)c(-c3ccco3)n2)cc(OC)c1. The van der Waals surface area contributed by atoms with Crippen molar-refractivity contribution in [1.82, 2.24) is 15.1 Å². The average molecular weight is 406 g/mol. The lowest BCUT2D eigenvalue weighted by atomic mass is 10.1. The van der Waals surface area contributed by atoms with Crippen molar-refractivity contribution in [3.05, 3.63) is 59.6 Å². The number of aryl methyl sites for hydroxylation is 1. The van der Waals surface area contributed by atoms with E-state index in [1.807, 2.05) is 44.2 Å². The smallest absolute Gasteiger partial charge is 0.223 e. The highest BCUT2D eigenvalue weighted by Gasteiger charge is 2.20. The number of nitrogens with one attached hydrogen (secondary N) is 1. The summed E-state index contributed by atoms with van der Waals surface area (Å²) in [5.74, 6) is 3.14. The molecule has 0 radical (unpaired) electrons. The van der Waals surface area contributed by atoms with Gasteiger partial charge in [0.2, 0.25) is 5.95 Å². The molecule has 4 aromatic rings. The number of rotatable bonds is 7. The third kappa shape index (κ3) is 3.84. The van der Waals surface area contributed by atoms with Crippen molar-refractivity contribution in [2.24, 2.45) is 0 Å². The first-order valence-electron chi connectivity index (χ1n) is 9.39. The topological polar surface area (TPSA) is 95.4 Å². The van der Waals surface area contributed by atoms with Gasteiger partial charge in [0.1, 0.15) is 17.2 Å². The molecule has 0 aliphatic rings. The summed E-state index contributed by atoms with van der Waals surface area (Å²) < 4.78 is 21.8. The molecule has 1 aromatic carbocycles. The van der Waals surface area contributed by atoms with Crippen LogP contribution in [0.2, 0.25) is 0 Å². The van der Waals surface area contributed by atoms with Crippen LogP contribution in [-0.2, 0) is 6.54 Å². The monoisotopic (exact) mass is 406 g/mol. The second-order valence-corrected chi connectivity index (χ2v) is 6.73. The van der Waals surface area contributed by atoms with Gasteiger partial charge >= 0.3 is 0 Å². The molecule has 0 amide bonds. The molecule has 1 N–H and O–H groups in total. The molecule has 0 unspecified atom stereocenters. The van der Waals surface area contributed by atoms with Gasteiger partial charge in [-0.05, 0) is 43.7 Å². The Morgan fingerprint density at radius 2 is 1.83 bits per heavy atom. The van der Waals surface area contributed by atoms with E-state index < -0.39 is 0 Å². The van der Waals surface area contributed by atoms with Crippen molar-refractivity contribution in [3.8, 4) is 34.3 Å². The number of anilines is 1. The van der Waals surface area contributed by atoms with E-state index in [-0.39, 0.29) is 0 Å². The summed E-state index contributed by atoms with van der Waals surface area (Å²) in [5.41, 5.74) is 4.08. The van der Waals surface area contributed by atoms with E-state index in [2.05, 4.69) is 20.4 Å². The minimum absolute atomic E-state index is 0.459. The van der Waals surface area contributed by atoms with Crippen LogP contribution in [0.1, 0.15) is 16.8 Å². The minimum atomic E-state index is 0.459. The van der Waals surface area contributed by atoms with Crippen molar-refractivity contribution >= 4 is 5.95 Å². The first-order valence-corrected chi connectivity index (χ1v) is 9.39. The minimum Gasteiger partial charge on any atom is -0.497 e. The van der Waals surface area contributed by atoms with E-state index >= 15 is 0 Å². The predicted molar refractivity (Wildman–Crippen MR) is 112 cm³/mol. The fourth-order valence-corrected chi connectivity index (χ4v) is 3.05. The van der Waals surface area contributed by atoms with Crippen LogP contribution >= 0.6 is 0 Å². The standard InChI is InChI=1S/C22H22N4O4/c1-13-14(2)26-30-21(13)18-12-24-22(25-20(18)19-6-5-7-29-19)23-11-15-8-16(27-3)10-17(9-15)28-4/h5-10,12H,11H2,1-4H3,(H,23,24,25). The van der Waals surface area contributed by atoms with Crippen molar-refractivity contribution < 1.29 is 18.4 Å². The summed E-state index contributed by atoms with van der Waals surface area (Å²) >= 11 is 0. The molecular formula is C22H22N4O4. The molecule has 0 bridgehead atoms. The molecule has 8 heteroatoms. The number of nitrogens with zero attached hydrogens (tertiary/aromatic N) is 3. The zero-order chi connectivity index (χ0) is 21.1. The van der Waals surface area contributed by atoms with Crippen molar-refractivity contribution in [2.75, 3.05) is 19.5 Å². The van der Waals surface area contributed by atoms with E-state index in [9.17, 15) is 0 Å². The van der Waals surface area contributed by atoms with Crippen LogP contribution in [0.15, 0.2) is 51.7 Å². The largest absolute Gasteiger partial charge is 0.497 e. The lowest BCUT2D eigenvalue weighted by Crippen LogP contribution is -2.05. The quantitative estimate of drug-likeness (QED) is 0.474. The highest BCUT2D eigenvalue weighted by molar-refractivity contribution is 5.77. The number of furan rings is 1. The number of hydrogen-bond acceptors (Lipinski definition) is 8. The van der Waals surface area contributed by atoms with Gasteiger partial charge in [0.15, 0.2) is 11.5 Å². The predicted octanol–water partition coefficient (Wildman–Crippen LogP) is 4.64. The lowest BCUT2D eigenvalue weighted by Gasteiger charge is -2.11. The fraction of sp³-hybridized carbons (Fsp3) is 0.227. The molecule has 0 aliphatic carbocycles. The number of benzene rings is 1. The summed E-state index contributed by atoms with van der Waals surface area (Å²) in [7, 11) is 3.24. The van der Waals surface area contributed by atoms with Gasteiger partial charge in [-0.2, -0.15) is 0 Å². The summed E-state index contributed by atoms with van der Waals surface area (Å²) in [6.07, 6.45) is 3.32. The maximum Gasteiger partial charge on any atom is 0.223 e. The van der Waals surface area contributed by atoms with E-state index in [4.69, 9.17) is 18.4 Å². The Bertz CT molecular complexity index is 1130. The summed E-state index contributed by atoms with van der Waals surface area (Å²) in [5, 5.41) is 7.29. The van der Waals surface area contributed by atoms with Gasteiger partial charge in [0, 0.05) is 24.4 Å². The molecule has 0 fully saturated rings. The van der Waals surface area contributed by atoms with Crippen LogP contribution in [0.3, 0.4) is 0 Å². The highest BCUT2D eigenvalue weighted by atomic mass is 16.5. The first-order chi connectivity index (χ1) is 14.6. The Labute approximate surface area is 173 Å². The van der Waals surface area contributed by atoms with Crippen LogP contribution in [0.5, 0.6) is 11.5 Å². The third-order valence-corrected chi connectivity index (χ3v) is 4.81. The second-order valence-electron chi connectivity index (χ2n) is 6.73. The Balaban J connectivity index is 1.66. The van der Waals surface area contributed by atoms with Gasteiger partial charge < -0.3 is 23.7 Å². The lowest BCUT2D eigenvalue weighted by molar-refractivity contribution is 0.393. The number of hydrogen-bond donors (Lipinski definition) is 1. The molecule has 0 saturated carbocycles. The van der Waals surface area contributed by atoms with Crippen molar-refractivity contribution in [1.29, 1.82) is 0 Å². The Hall–Kier alpha value is -3.81. The van der Waals surface area contributed by atoms with Gasteiger partial charge in [0.25, 0.3) is 0 Å². The molecule has 154 valence electrons. The van der Waals surface area contributed by atoms with Gasteiger partial charge in [-0.15, -0.1) is 0 Å². The highest BCUT2D eigenvalue weighted by Crippen LogP contribution is 2.34. The molecule has 8 nitrogen and oxygen atoms in total. The summed E-state index contributed by atoms with van der Waals surface area (Å²) in [6.45, 7) is 4.34. The molecule has 0 saturated heterocycles. The molecule has 3 heterocycles. The van der Waals surface area contributed by atoms with Crippen LogP contribution in [-0.4, -0.2) is 29.3 Å². The average Bonchev–Trinajstić information content (AvgIpc) is 3.42. The number of aromatic nitrogens is 3. The van der Waals surface area contributed by atoms with Gasteiger partial charge in [-0.3, -0.25) is 0 Å². The van der Waals surface area contributed by atoms with Gasteiger partial charge in [-0.1, -0.05) is 5.16 Å². The summed E-state index contributed by atoms with van der Waals surface area (Å²) in [6, 6.07) is 9.35. The Morgan fingerprint density at radius 1 is 1.07 bits per heavy atom. The van der Waals surface area contributed by atoms with Crippen molar-refractivity contribution in [2.45, 2.75) is 20.4 Å². The number of ether oxygens (including phenoxy) is 2. The fourth-order valence-electron chi connectivity index (χ4n) is 3.05. The first kappa shape index (κ1) is 19.5. The van der Waals surface area contributed by atoms with E-state index in [1.54, 1.807) is 26.7 Å². The van der Waals surface area contributed by atoms with Crippen LogP contribution in [0, 0.1) is 13.8 Å². The van der Waals surface area contributed by atoms with E-state index in [0.717, 1.165) is 33.9 Å². The molecule has 30 heavy (non-hydrogen) atoms. The van der Waals surface area contributed by atoms with Crippen molar-refractivity contribution in [3.63, 3.8) is 0 Å². The Morgan fingerprint density at radius 3 is 2.43 bits per heavy atom. The number of methoxy groups -OCH3 is 2. The molecule has 0 atom stereocenters. The molecule has 0 spiro atoms. The molecular weight excluding hydrogens is 384 g/mol. The maximum atomic E-state index is 5.59. The van der Waals surface area contributed by atoms with Crippen LogP contribution in [0.25, 0.3) is 22.8 Å². The Kier molecular flexibility index (Phi) is 5.38. The second kappa shape index (κ2) is 8.28.